The van der Waals surface area contributed by atoms with Gasteiger partial charge in [0.1, 0.15) is 5.69 Å². The number of rotatable bonds is 7. The first-order valence-electron chi connectivity index (χ1n) is 9.45. The standard InChI is InChI=1S/C21H19Cl3N4O4/c1-32-8-2-7-25-20(30)21(31)27-28-17-6-4-13(22)9-12(17)10-18(28)19(29)26-16-5-3-14(23)11-15(16)24/h3-6,9-11H,2,7-8H2,1H3,(H,25,30)(H,26,29)(H,27,31). The molecule has 3 amide bonds. The second-order valence-corrected chi connectivity index (χ2v) is 7.97. The zero-order valence-electron chi connectivity index (χ0n) is 16.9. The number of methoxy groups -OCH3 is 1. The van der Waals surface area contributed by atoms with E-state index in [9.17, 15) is 14.4 Å². The largest absolute Gasteiger partial charge is 0.385 e. The fraction of sp³-hybridized carbons (Fsp3) is 0.190. The van der Waals surface area contributed by atoms with E-state index in [0.717, 1.165) is 0 Å². The molecule has 0 bridgehead atoms. The van der Waals surface area contributed by atoms with Crippen LogP contribution in [-0.4, -0.2) is 42.7 Å². The Morgan fingerprint density at radius 3 is 2.41 bits per heavy atom. The summed E-state index contributed by atoms with van der Waals surface area (Å²) < 4.78 is 6.13. The molecule has 3 N–H and O–H groups in total. The van der Waals surface area contributed by atoms with Crippen LogP contribution >= 0.6 is 34.8 Å². The highest BCUT2D eigenvalue weighted by Crippen LogP contribution is 2.27. The van der Waals surface area contributed by atoms with Gasteiger partial charge in [0, 0.05) is 35.7 Å². The zero-order valence-corrected chi connectivity index (χ0v) is 19.1. The van der Waals surface area contributed by atoms with Crippen molar-refractivity contribution in [1.82, 2.24) is 9.99 Å². The highest BCUT2D eigenvalue weighted by Gasteiger charge is 2.21. The summed E-state index contributed by atoms with van der Waals surface area (Å²) in [5.41, 5.74) is 3.33. The average molecular weight is 498 g/mol. The number of fused-ring (bicyclic) bond motifs is 1. The van der Waals surface area contributed by atoms with Gasteiger partial charge in [-0.3, -0.25) is 19.8 Å². The number of nitrogens with zero attached hydrogens (tertiary/aromatic N) is 1. The van der Waals surface area contributed by atoms with Gasteiger partial charge in [-0.15, -0.1) is 0 Å². The minimum Gasteiger partial charge on any atom is -0.385 e. The topological polar surface area (TPSA) is 101 Å². The third kappa shape index (κ3) is 5.72. The molecule has 0 atom stereocenters. The maximum absolute atomic E-state index is 13.0. The van der Waals surface area contributed by atoms with Crippen LogP contribution in [0.15, 0.2) is 42.5 Å². The molecule has 0 aliphatic carbocycles. The summed E-state index contributed by atoms with van der Waals surface area (Å²) in [6.45, 7) is 0.715. The lowest BCUT2D eigenvalue weighted by Gasteiger charge is -2.13. The number of carbonyl (C=O) groups is 3. The Balaban J connectivity index is 1.87. The summed E-state index contributed by atoms with van der Waals surface area (Å²) in [7, 11) is 1.54. The Labute approximate surface area is 198 Å². The minimum atomic E-state index is -0.937. The van der Waals surface area contributed by atoms with Crippen LogP contribution in [0.1, 0.15) is 16.9 Å². The molecule has 3 rings (SSSR count). The van der Waals surface area contributed by atoms with E-state index in [4.69, 9.17) is 39.5 Å². The average Bonchev–Trinajstić information content (AvgIpc) is 3.10. The molecule has 0 unspecified atom stereocenters. The van der Waals surface area contributed by atoms with Crippen molar-refractivity contribution in [2.75, 3.05) is 31.0 Å². The molecule has 3 aromatic rings. The molecule has 0 aliphatic rings. The number of hydrogen-bond acceptors (Lipinski definition) is 4. The molecule has 0 spiro atoms. The van der Waals surface area contributed by atoms with Gasteiger partial charge in [-0.1, -0.05) is 34.8 Å². The van der Waals surface area contributed by atoms with E-state index in [1.807, 2.05) is 0 Å². The number of halogens is 3. The number of benzene rings is 2. The number of amides is 3. The van der Waals surface area contributed by atoms with E-state index in [1.165, 1.54) is 16.8 Å². The SMILES string of the molecule is COCCCNC(=O)C(=O)Nn1c(C(=O)Nc2ccc(Cl)cc2Cl)cc2cc(Cl)ccc21. The third-order valence-corrected chi connectivity index (χ3v) is 5.19. The van der Waals surface area contributed by atoms with Gasteiger partial charge in [-0.05, 0) is 48.9 Å². The number of aromatic nitrogens is 1. The number of nitrogens with one attached hydrogen (secondary N) is 3. The molecular weight excluding hydrogens is 479 g/mol. The van der Waals surface area contributed by atoms with E-state index in [1.54, 1.807) is 37.4 Å². The molecule has 32 heavy (non-hydrogen) atoms. The number of hydrogen-bond donors (Lipinski definition) is 3. The molecule has 11 heteroatoms. The van der Waals surface area contributed by atoms with Crippen LogP contribution < -0.4 is 16.1 Å². The van der Waals surface area contributed by atoms with Gasteiger partial charge in [-0.25, -0.2) is 4.68 Å². The lowest BCUT2D eigenvalue weighted by atomic mass is 10.2. The first kappa shape index (κ1) is 23.9. The Morgan fingerprint density at radius 2 is 1.69 bits per heavy atom. The molecule has 0 saturated heterocycles. The lowest BCUT2D eigenvalue weighted by Crippen LogP contribution is -2.40. The van der Waals surface area contributed by atoms with Gasteiger partial charge in [0.2, 0.25) is 0 Å². The fourth-order valence-electron chi connectivity index (χ4n) is 2.90. The van der Waals surface area contributed by atoms with Gasteiger partial charge >= 0.3 is 11.8 Å². The van der Waals surface area contributed by atoms with Crippen LogP contribution in [0.3, 0.4) is 0 Å². The van der Waals surface area contributed by atoms with Crippen molar-refractivity contribution in [2.45, 2.75) is 6.42 Å². The van der Waals surface area contributed by atoms with E-state index in [-0.39, 0.29) is 17.3 Å². The van der Waals surface area contributed by atoms with E-state index >= 15 is 0 Å². The predicted octanol–water partition coefficient (Wildman–Crippen LogP) is 4.08. The fourth-order valence-corrected chi connectivity index (χ4v) is 3.54. The highest BCUT2D eigenvalue weighted by atomic mass is 35.5. The normalized spacial score (nSPS) is 10.8. The van der Waals surface area contributed by atoms with Gasteiger partial charge in [0.15, 0.2) is 0 Å². The summed E-state index contributed by atoms with van der Waals surface area (Å²) in [5.74, 6) is -2.35. The first-order chi connectivity index (χ1) is 15.3. The van der Waals surface area contributed by atoms with Crippen LogP contribution in [0.25, 0.3) is 10.9 Å². The van der Waals surface area contributed by atoms with Crippen molar-refractivity contribution in [1.29, 1.82) is 0 Å². The van der Waals surface area contributed by atoms with Crippen molar-refractivity contribution in [3.8, 4) is 0 Å². The van der Waals surface area contributed by atoms with Crippen LogP contribution in [0.4, 0.5) is 5.69 Å². The van der Waals surface area contributed by atoms with Crippen molar-refractivity contribution in [3.05, 3.63) is 63.2 Å². The molecule has 1 aromatic heterocycles. The maximum Gasteiger partial charge on any atom is 0.328 e. The van der Waals surface area contributed by atoms with Crippen LogP contribution in [-0.2, 0) is 14.3 Å². The Kier molecular flexibility index (Phi) is 7.98. The van der Waals surface area contributed by atoms with Crippen molar-refractivity contribution in [2.24, 2.45) is 0 Å². The molecular formula is C21H19Cl3N4O4. The Bertz CT molecular complexity index is 1180. The maximum atomic E-state index is 13.0. The summed E-state index contributed by atoms with van der Waals surface area (Å²) >= 11 is 18.1. The molecule has 8 nitrogen and oxygen atoms in total. The van der Waals surface area contributed by atoms with Crippen LogP contribution in [0.5, 0.6) is 0 Å². The number of ether oxygens (including phenoxy) is 1. The van der Waals surface area contributed by atoms with Gasteiger partial charge in [0.25, 0.3) is 5.91 Å². The highest BCUT2D eigenvalue weighted by molar-refractivity contribution is 6.38. The van der Waals surface area contributed by atoms with Crippen LogP contribution in [0.2, 0.25) is 15.1 Å². The Morgan fingerprint density at radius 1 is 0.969 bits per heavy atom. The molecule has 0 saturated carbocycles. The number of carbonyl (C=O) groups excluding carboxylic acids is 3. The zero-order chi connectivity index (χ0) is 23.3. The second-order valence-electron chi connectivity index (χ2n) is 6.69. The summed E-state index contributed by atoms with van der Waals surface area (Å²) in [5, 5.41) is 6.86. The molecule has 2 aromatic carbocycles. The molecule has 0 fully saturated rings. The van der Waals surface area contributed by atoms with E-state index < -0.39 is 17.7 Å². The summed E-state index contributed by atoms with van der Waals surface area (Å²) in [6, 6.07) is 11.0. The smallest absolute Gasteiger partial charge is 0.328 e. The van der Waals surface area contributed by atoms with Gasteiger partial charge in [0.05, 0.1) is 16.2 Å². The lowest BCUT2D eigenvalue weighted by molar-refractivity contribution is -0.136. The summed E-state index contributed by atoms with van der Waals surface area (Å²) in [6.07, 6.45) is 0.552. The monoisotopic (exact) mass is 496 g/mol. The van der Waals surface area contributed by atoms with E-state index in [0.29, 0.717) is 39.7 Å². The quantitative estimate of drug-likeness (QED) is 0.338. The van der Waals surface area contributed by atoms with Crippen molar-refractivity contribution in [3.63, 3.8) is 0 Å². The molecule has 168 valence electrons. The van der Waals surface area contributed by atoms with Gasteiger partial charge in [-0.2, -0.15) is 0 Å². The van der Waals surface area contributed by atoms with Gasteiger partial charge < -0.3 is 15.4 Å². The molecule has 0 radical (unpaired) electrons. The van der Waals surface area contributed by atoms with Crippen LogP contribution in [0, 0.1) is 0 Å². The van der Waals surface area contributed by atoms with Crippen molar-refractivity contribution < 1.29 is 19.1 Å². The Hall–Kier alpha value is -2.78. The predicted molar refractivity (Wildman–Crippen MR) is 125 cm³/mol. The first-order valence-corrected chi connectivity index (χ1v) is 10.6. The van der Waals surface area contributed by atoms with Crippen molar-refractivity contribution >= 4 is 69.1 Å². The molecule has 1 heterocycles. The van der Waals surface area contributed by atoms with E-state index in [2.05, 4.69) is 16.1 Å². The third-order valence-electron chi connectivity index (χ3n) is 4.41. The second kappa shape index (κ2) is 10.7. The number of anilines is 1. The minimum absolute atomic E-state index is 0.0637. The molecule has 0 aliphatic heterocycles. The summed E-state index contributed by atoms with van der Waals surface area (Å²) in [4.78, 5) is 37.6.